The molecule has 0 atom stereocenters. The lowest BCUT2D eigenvalue weighted by atomic mass is 9.87. The van der Waals surface area contributed by atoms with Gasteiger partial charge in [0.2, 0.25) is 5.88 Å². The lowest BCUT2D eigenvalue weighted by Gasteiger charge is -2.44. The monoisotopic (exact) mass is 332 g/mol. The number of rotatable bonds is 3. The van der Waals surface area contributed by atoms with E-state index >= 15 is 0 Å². The Morgan fingerprint density at radius 3 is 2.96 bits per heavy atom. The van der Waals surface area contributed by atoms with Crippen LogP contribution in [0.5, 0.6) is 5.88 Å². The van der Waals surface area contributed by atoms with Crippen molar-refractivity contribution >= 4 is 22.9 Å². The average Bonchev–Trinajstić information content (AvgIpc) is 2.96. The fraction of sp³-hybridized carbons (Fsp3) is 0.647. The molecular formula is C17H24N4OS. The molecule has 1 aliphatic carbocycles. The van der Waals surface area contributed by atoms with Crippen LogP contribution in [0.25, 0.3) is 11.2 Å². The molecule has 4 rings (SSSR count). The van der Waals surface area contributed by atoms with Crippen molar-refractivity contribution in [1.82, 2.24) is 19.9 Å². The first-order valence-corrected chi connectivity index (χ1v) is 9.51. The molecule has 23 heavy (non-hydrogen) atoms. The summed E-state index contributed by atoms with van der Waals surface area (Å²) in [5, 5.41) is 0. The van der Waals surface area contributed by atoms with Gasteiger partial charge in [0.1, 0.15) is 5.82 Å². The van der Waals surface area contributed by atoms with Crippen molar-refractivity contribution < 1.29 is 4.74 Å². The minimum Gasteiger partial charge on any atom is -0.481 e. The molecule has 5 nitrogen and oxygen atoms in total. The molecule has 0 amide bonds. The standard InChI is InChI=1S/C17H24N4OS/c1-22-15-6-5-13-16(20-15)19-14(18-13)11-21-9-10-23-17(12-21)7-3-2-4-8-17/h5-6H,2-4,7-12H2,1H3,(H,18,19,20). The lowest BCUT2D eigenvalue weighted by molar-refractivity contribution is 0.209. The van der Waals surface area contributed by atoms with Crippen LogP contribution in [0.1, 0.15) is 37.9 Å². The van der Waals surface area contributed by atoms with Crippen LogP contribution in [-0.2, 0) is 6.54 Å². The second-order valence-corrected chi connectivity index (χ2v) is 8.27. The number of ether oxygens (including phenoxy) is 1. The molecule has 6 heteroatoms. The fourth-order valence-corrected chi connectivity index (χ4v) is 5.52. The van der Waals surface area contributed by atoms with Gasteiger partial charge in [0.15, 0.2) is 5.65 Å². The summed E-state index contributed by atoms with van der Waals surface area (Å²) >= 11 is 2.21. The third-order valence-corrected chi connectivity index (χ3v) is 6.58. The van der Waals surface area contributed by atoms with E-state index in [1.807, 2.05) is 12.1 Å². The maximum absolute atomic E-state index is 5.18. The molecule has 1 N–H and O–H groups in total. The average molecular weight is 332 g/mol. The Morgan fingerprint density at radius 1 is 1.26 bits per heavy atom. The number of H-pyrrole nitrogens is 1. The number of fused-ring (bicyclic) bond motifs is 1. The molecule has 0 unspecified atom stereocenters. The van der Waals surface area contributed by atoms with Crippen molar-refractivity contribution in [3.05, 3.63) is 18.0 Å². The maximum Gasteiger partial charge on any atom is 0.215 e. The van der Waals surface area contributed by atoms with Gasteiger partial charge in [0.25, 0.3) is 0 Å². The number of aromatic nitrogens is 3. The van der Waals surface area contributed by atoms with Gasteiger partial charge in [-0.15, -0.1) is 0 Å². The minimum atomic E-state index is 0.504. The Balaban J connectivity index is 1.48. The summed E-state index contributed by atoms with van der Waals surface area (Å²) < 4.78 is 5.68. The molecule has 2 aliphatic rings. The zero-order valence-corrected chi connectivity index (χ0v) is 14.5. The molecule has 1 saturated heterocycles. The first-order valence-electron chi connectivity index (χ1n) is 8.52. The molecule has 1 spiro atoms. The highest BCUT2D eigenvalue weighted by molar-refractivity contribution is 8.00. The van der Waals surface area contributed by atoms with Gasteiger partial charge in [-0.25, -0.2) is 4.98 Å². The quantitative estimate of drug-likeness (QED) is 0.935. The number of pyridine rings is 1. The van der Waals surface area contributed by atoms with Gasteiger partial charge >= 0.3 is 0 Å². The number of hydrogen-bond donors (Lipinski definition) is 1. The molecule has 2 aromatic heterocycles. The topological polar surface area (TPSA) is 54.0 Å². The van der Waals surface area contributed by atoms with Crippen LogP contribution >= 0.6 is 11.8 Å². The predicted octanol–water partition coefficient (Wildman–Crippen LogP) is 3.22. The van der Waals surface area contributed by atoms with Crippen molar-refractivity contribution in [2.75, 3.05) is 26.0 Å². The van der Waals surface area contributed by atoms with Crippen LogP contribution in [0, 0.1) is 0 Å². The maximum atomic E-state index is 5.18. The largest absolute Gasteiger partial charge is 0.481 e. The molecule has 2 fully saturated rings. The fourth-order valence-electron chi connectivity index (χ4n) is 3.88. The van der Waals surface area contributed by atoms with Gasteiger partial charge in [0, 0.05) is 29.7 Å². The van der Waals surface area contributed by atoms with E-state index in [1.54, 1.807) is 7.11 Å². The molecule has 3 heterocycles. The third kappa shape index (κ3) is 3.19. The second-order valence-electron chi connectivity index (χ2n) is 6.71. The summed E-state index contributed by atoms with van der Waals surface area (Å²) in [6.45, 7) is 3.24. The van der Waals surface area contributed by atoms with E-state index in [1.165, 1.54) is 44.4 Å². The molecular weight excluding hydrogens is 308 g/mol. The van der Waals surface area contributed by atoms with E-state index in [9.17, 15) is 0 Å². The summed E-state index contributed by atoms with van der Waals surface area (Å²) in [7, 11) is 1.64. The lowest BCUT2D eigenvalue weighted by Crippen LogP contribution is -2.47. The van der Waals surface area contributed by atoms with Gasteiger partial charge in [0.05, 0.1) is 19.2 Å². The summed E-state index contributed by atoms with van der Waals surface area (Å²) in [6, 6.07) is 3.87. The van der Waals surface area contributed by atoms with E-state index in [2.05, 4.69) is 31.6 Å². The third-order valence-electron chi connectivity index (χ3n) is 5.04. The first kappa shape index (κ1) is 15.3. The van der Waals surface area contributed by atoms with E-state index < -0.39 is 0 Å². The molecule has 0 aromatic carbocycles. The Bertz CT molecular complexity index is 675. The molecule has 0 bridgehead atoms. The summed E-state index contributed by atoms with van der Waals surface area (Å²) in [5.41, 5.74) is 1.73. The normalized spacial score (nSPS) is 21.8. The summed E-state index contributed by atoms with van der Waals surface area (Å²) in [5.74, 6) is 2.87. The van der Waals surface area contributed by atoms with Gasteiger partial charge in [-0.05, 0) is 18.9 Å². The number of aromatic amines is 1. The summed E-state index contributed by atoms with van der Waals surface area (Å²) in [4.78, 5) is 15.0. The highest BCUT2D eigenvalue weighted by Crippen LogP contribution is 2.42. The van der Waals surface area contributed by atoms with Gasteiger partial charge in [-0.3, -0.25) is 4.90 Å². The number of thioether (sulfide) groups is 1. The van der Waals surface area contributed by atoms with E-state index in [0.29, 0.717) is 10.6 Å². The first-order chi connectivity index (χ1) is 11.3. The zero-order chi connectivity index (χ0) is 15.7. The minimum absolute atomic E-state index is 0.504. The predicted molar refractivity (Wildman–Crippen MR) is 94.0 cm³/mol. The zero-order valence-electron chi connectivity index (χ0n) is 13.7. The molecule has 0 radical (unpaired) electrons. The highest BCUT2D eigenvalue weighted by Gasteiger charge is 2.37. The molecule has 1 saturated carbocycles. The Labute approximate surface area is 141 Å². The van der Waals surface area contributed by atoms with E-state index in [0.717, 1.165) is 30.1 Å². The van der Waals surface area contributed by atoms with Gasteiger partial charge in [-0.2, -0.15) is 16.7 Å². The number of nitrogens with zero attached hydrogens (tertiary/aromatic N) is 3. The van der Waals surface area contributed by atoms with Gasteiger partial charge < -0.3 is 9.72 Å². The molecule has 1 aliphatic heterocycles. The van der Waals surface area contributed by atoms with Crippen molar-refractivity contribution in [3.8, 4) is 5.88 Å². The Kier molecular flexibility index (Phi) is 4.20. The SMILES string of the molecule is COc1ccc2[nH]c(CN3CCSC4(CCCCC4)C3)nc2n1. The van der Waals surface area contributed by atoms with Crippen LogP contribution in [-0.4, -0.2) is 50.6 Å². The number of nitrogens with one attached hydrogen (secondary N) is 1. The van der Waals surface area contributed by atoms with Crippen LogP contribution < -0.4 is 4.74 Å². The number of imidazole rings is 1. The number of hydrogen-bond acceptors (Lipinski definition) is 5. The molecule has 124 valence electrons. The highest BCUT2D eigenvalue weighted by atomic mass is 32.2. The van der Waals surface area contributed by atoms with Crippen LogP contribution in [0.4, 0.5) is 0 Å². The van der Waals surface area contributed by atoms with Crippen LogP contribution in [0.2, 0.25) is 0 Å². The van der Waals surface area contributed by atoms with E-state index in [-0.39, 0.29) is 0 Å². The Morgan fingerprint density at radius 2 is 2.13 bits per heavy atom. The van der Waals surface area contributed by atoms with E-state index in [4.69, 9.17) is 4.74 Å². The van der Waals surface area contributed by atoms with Gasteiger partial charge in [-0.1, -0.05) is 19.3 Å². The van der Waals surface area contributed by atoms with Crippen molar-refractivity contribution in [2.45, 2.75) is 43.4 Å². The van der Waals surface area contributed by atoms with Crippen molar-refractivity contribution in [2.24, 2.45) is 0 Å². The van der Waals surface area contributed by atoms with Crippen molar-refractivity contribution in [1.29, 1.82) is 0 Å². The Hall–Kier alpha value is -1.27. The summed E-state index contributed by atoms with van der Waals surface area (Å²) in [6.07, 6.45) is 6.98. The second kappa shape index (κ2) is 6.32. The van der Waals surface area contributed by atoms with Crippen molar-refractivity contribution in [3.63, 3.8) is 0 Å². The van der Waals surface area contributed by atoms with Crippen LogP contribution in [0.3, 0.4) is 0 Å². The molecule has 2 aromatic rings. The smallest absolute Gasteiger partial charge is 0.215 e. The van der Waals surface area contributed by atoms with Crippen LogP contribution in [0.15, 0.2) is 12.1 Å². The number of methoxy groups -OCH3 is 1.